The average molecular weight is 295 g/mol. The second-order valence-corrected chi connectivity index (χ2v) is 5.51. The number of rotatable bonds is 5. The van der Waals surface area contributed by atoms with E-state index in [2.05, 4.69) is 20.7 Å². The number of hydrogen-bond donors (Lipinski definition) is 2. The second kappa shape index (κ2) is 5.16. The molecule has 2 heterocycles. The first kappa shape index (κ1) is 13.0. The molecular weight excluding hydrogens is 282 g/mol. The molecule has 0 radical (unpaired) electrons. The predicted octanol–water partition coefficient (Wildman–Crippen LogP) is 0.934. The van der Waals surface area contributed by atoms with Crippen LogP contribution in [0.3, 0.4) is 0 Å². The van der Waals surface area contributed by atoms with E-state index in [0.717, 1.165) is 12.8 Å². The van der Waals surface area contributed by atoms with Crippen LogP contribution in [0.4, 0.5) is 5.82 Å². The Labute approximate surface area is 117 Å². The highest BCUT2D eigenvalue weighted by atomic mass is 32.2. The SMILES string of the molecule is Cc1cc(NC(=O)CSc2n[nH]c(=O)n2C2CC2)no1. The molecule has 106 valence electrons. The number of aromatic nitrogens is 4. The Kier molecular flexibility index (Phi) is 3.35. The van der Waals surface area contributed by atoms with Crippen molar-refractivity contribution in [1.82, 2.24) is 19.9 Å². The molecule has 20 heavy (non-hydrogen) atoms. The number of hydrogen-bond acceptors (Lipinski definition) is 6. The largest absolute Gasteiger partial charge is 0.360 e. The van der Waals surface area contributed by atoms with E-state index in [1.807, 2.05) is 0 Å². The predicted molar refractivity (Wildman–Crippen MR) is 71.7 cm³/mol. The van der Waals surface area contributed by atoms with Gasteiger partial charge in [0.05, 0.1) is 5.75 Å². The van der Waals surface area contributed by atoms with Crippen LogP contribution in [0.25, 0.3) is 0 Å². The minimum atomic E-state index is -0.221. The summed E-state index contributed by atoms with van der Waals surface area (Å²) in [5, 5.41) is 13.2. The summed E-state index contributed by atoms with van der Waals surface area (Å²) in [7, 11) is 0. The van der Waals surface area contributed by atoms with Crippen molar-refractivity contribution in [2.45, 2.75) is 31.0 Å². The fraction of sp³-hybridized carbons (Fsp3) is 0.455. The molecular formula is C11H13N5O3S. The van der Waals surface area contributed by atoms with Gasteiger partial charge < -0.3 is 9.84 Å². The van der Waals surface area contributed by atoms with Crippen molar-refractivity contribution >= 4 is 23.5 Å². The molecule has 9 heteroatoms. The summed E-state index contributed by atoms with van der Waals surface area (Å²) >= 11 is 1.22. The van der Waals surface area contributed by atoms with Crippen LogP contribution in [0.5, 0.6) is 0 Å². The Hall–Kier alpha value is -2.03. The molecule has 2 aromatic heterocycles. The van der Waals surface area contributed by atoms with Gasteiger partial charge in [-0.2, -0.15) is 0 Å². The summed E-state index contributed by atoms with van der Waals surface area (Å²) < 4.78 is 6.47. The van der Waals surface area contributed by atoms with Crippen LogP contribution in [0.1, 0.15) is 24.6 Å². The smallest absolute Gasteiger partial charge is 0.344 e. The lowest BCUT2D eigenvalue weighted by Gasteiger charge is -2.03. The molecule has 0 unspecified atom stereocenters. The van der Waals surface area contributed by atoms with Crippen molar-refractivity contribution < 1.29 is 9.32 Å². The normalized spacial score (nSPS) is 14.4. The van der Waals surface area contributed by atoms with Gasteiger partial charge in [-0.05, 0) is 19.8 Å². The maximum absolute atomic E-state index is 11.8. The summed E-state index contributed by atoms with van der Waals surface area (Å²) in [6.45, 7) is 1.75. The van der Waals surface area contributed by atoms with Gasteiger partial charge >= 0.3 is 5.69 Å². The number of thioether (sulfide) groups is 1. The Morgan fingerprint density at radius 1 is 1.65 bits per heavy atom. The molecule has 0 atom stereocenters. The van der Waals surface area contributed by atoms with Crippen LogP contribution in [0, 0.1) is 6.92 Å². The number of nitrogens with one attached hydrogen (secondary N) is 2. The van der Waals surface area contributed by atoms with Crippen molar-refractivity contribution in [2.75, 3.05) is 11.1 Å². The first-order valence-electron chi connectivity index (χ1n) is 6.16. The van der Waals surface area contributed by atoms with E-state index in [1.54, 1.807) is 17.6 Å². The maximum Gasteiger partial charge on any atom is 0.344 e. The van der Waals surface area contributed by atoms with Gasteiger partial charge in [-0.1, -0.05) is 16.9 Å². The molecule has 0 aromatic carbocycles. The van der Waals surface area contributed by atoms with E-state index >= 15 is 0 Å². The van der Waals surface area contributed by atoms with Gasteiger partial charge in [-0.3, -0.25) is 9.36 Å². The van der Waals surface area contributed by atoms with Crippen LogP contribution >= 0.6 is 11.8 Å². The Morgan fingerprint density at radius 2 is 2.45 bits per heavy atom. The van der Waals surface area contributed by atoms with E-state index in [-0.39, 0.29) is 23.4 Å². The van der Waals surface area contributed by atoms with Gasteiger partial charge in [0.1, 0.15) is 5.76 Å². The van der Waals surface area contributed by atoms with E-state index in [1.165, 1.54) is 11.8 Å². The number of carbonyl (C=O) groups excluding carboxylic acids is 1. The second-order valence-electron chi connectivity index (χ2n) is 4.57. The van der Waals surface area contributed by atoms with Crippen LogP contribution in [0.15, 0.2) is 20.5 Å². The Bertz CT molecular complexity index is 684. The molecule has 2 N–H and O–H groups in total. The highest BCUT2D eigenvalue weighted by Crippen LogP contribution is 2.35. The van der Waals surface area contributed by atoms with E-state index in [0.29, 0.717) is 16.7 Å². The van der Waals surface area contributed by atoms with Gasteiger partial charge in [0, 0.05) is 12.1 Å². The number of carbonyl (C=O) groups is 1. The number of aryl methyl sites for hydroxylation is 1. The quantitative estimate of drug-likeness (QED) is 0.795. The molecule has 1 fully saturated rings. The number of H-pyrrole nitrogens is 1. The zero-order chi connectivity index (χ0) is 14.1. The third kappa shape index (κ3) is 2.77. The van der Waals surface area contributed by atoms with E-state index in [9.17, 15) is 9.59 Å². The monoisotopic (exact) mass is 295 g/mol. The van der Waals surface area contributed by atoms with Crippen molar-refractivity contribution in [1.29, 1.82) is 0 Å². The lowest BCUT2D eigenvalue weighted by atomic mass is 10.5. The Morgan fingerprint density at radius 3 is 3.10 bits per heavy atom. The minimum absolute atomic E-state index is 0.156. The minimum Gasteiger partial charge on any atom is -0.360 e. The molecule has 3 rings (SSSR count). The number of amides is 1. The Balaban J connectivity index is 1.59. The number of nitrogens with zero attached hydrogens (tertiary/aromatic N) is 3. The highest BCUT2D eigenvalue weighted by Gasteiger charge is 2.28. The van der Waals surface area contributed by atoms with Gasteiger partial charge in [0.2, 0.25) is 5.91 Å². The van der Waals surface area contributed by atoms with Crippen LogP contribution in [-0.4, -0.2) is 31.6 Å². The van der Waals surface area contributed by atoms with Gasteiger partial charge in [-0.15, -0.1) is 5.10 Å². The molecule has 1 amide bonds. The van der Waals surface area contributed by atoms with Crippen molar-refractivity contribution in [3.63, 3.8) is 0 Å². The lowest BCUT2D eigenvalue weighted by molar-refractivity contribution is -0.113. The molecule has 1 aliphatic carbocycles. The van der Waals surface area contributed by atoms with Crippen molar-refractivity contribution in [3.8, 4) is 0 Å². The van der Waals surface area contributed by atoms with Crippen LogP contribution in [0.2, 0.25) is 0 Å². The topological polar surface area (TPSA) is 106 Å². The molecule has 2 aromatic rings. The van der Waals surface area contributed by atoms with Gasteiger partial charge in [0.25, 0.3) is 0 Å². The fourth-order valence-electron chi connectivity index (χ4n) is 1.78. The summed E-state index contributed by atoms with van der Waals surface area (Å²) in [5.41, 5.74) is -0.220. The molecule has 0 aliphatic heterocycles. The first-order valence-corrected chi connectivity index (χ1v) is 7.15. The highest BCUT2D eigenvalue weighted by molar-refractivity contribution is 7.99. The molecule has 0 bridgehead atoms. The zero-order valence-corrected chi connectivity index (χ0v) is 11.6. The molecule has 0 saturated heterocycles. The molecule has 0 spiro atoms. The van der Waals surface area contributed by atoms with Crippen molar-refractivity contribution in [3.05, 3.63) is 22.3 Å². The lowest BCUT2D eigenvalue weighted by Crippen LogP contribution is -2.18. The summed E-state index contributed by atoms with van der Waals surface area (Å²) in [6, 6.07) is 1.86. The number of anilines is 1. The van der Waals surface area contributed by atoms with Crippen LogP contribution < -0.4 is 11.0 Å². The molecule has 1 saturated carbocycles. The van der Waals surface area contributed by atoms with Crippen LogP contribution in [-0.2, 0) is 4.79 Å². The van der Waals surface area contributed by atoms with E-state index in [4.69, 9.17) is 4.52 Å². The fourth-order valence-corrected chi connectivity index (χ4v) is 2.59. The van der Waals surface area contributed by atoms with Gasteiger partial charge in [-0.25, -0.2) is 9.89 Å². The molecule has 1 aliphatic rings. The average Bonchev–Trinajstić information content (AvgIpc) is 3.06. The third-order valence-electron chi connectivity index (χ3n) is 2.81. The maximum atomic E-state index is 11.8. The molecule has 8 nitrogen and oxygen atoms in total. The summed E-state index contributed by atoms with van der Waals surface area (Å²) in [6.07, 6.45) is 1.97. The van der Waals surface area contributed by atoms with Gasteiger partial charge in [0.15, 0.2) is 11.0 Å². The zero-order valence-electron chi connectivity index (χ0n) is 10.8. The van der Waals surface area contributed by atoms with E-state index < -0.39 is 0 Å². The standard InChI is InChI=1S/C11H13N5O3S/c1-6-4-8(15-19-6)12-9(17)5-20-11-14-13-10(18)16(11)7-2-3-7/h4,7H,2-3,5H2,1H3,(H,13,18)(H,12,15,17). The number of aromatic amines is 1. The summed E-state index contributed by atoms with van der Waals surface area (Å²) in [5.74, 6) is 0.946. The first-order chi connectivity index (χ1) is 9.63. The third-order valence-corrected chi connectivity index (χ3v) is 3.76. The van der Waals surface area contributed by atoms with Crippen molar-refractivity contribution in [2.24, 2.45) is 0 Å². The summed E-state index contributed by atoms with van der Waals surface area (Å²) in [4.78, 5) is 23.3.